The van der Waals surface area contributed by atoms with E-state index in [0.717, 1.165) is 18.7 Å². The van der Waals surface area contributed by atoms with Crippen LogP contribution in [0.1, 0.15) is 34.9 Å². The van der Waals surface area contributed by atoms with Crippen LogP contribution >= 0.6 is 0 Å². The van der Waals surface area contributed by atoms with Crippen molar-refractivity contribution < 1.29 is 0 Å². The second kappa shape index (κ2) is 6.19. The highest BCUT2D eigenvalue weighted by Gasteiger charge is 2.40. The summed E-state index contributed by atoms with van der Waals surface area (Å²) in [5.74, 6) is 0. The molecule has 2 aromatic carbocycles. The van der Waals surface area contributed by atoms with Crippen LogP contribution in [0, 0.1) is 11.3 Å². The van der Waals surface area contributed by atoms with Crippen LogP contribution in [0.15, 0.2) is 61.1 Å². The van der Waals surface area contributed by atoms with Crippen LogP contribution in [0.5, 0.6) is 0 Å². The Labute approximate surface area is 147 Å². The first kappa shape index (κ1) is 15.6. The molecule has 0 fully saturated rings. The lowest BCUT2D eigenvalue weighted by Crippen LogP contribution is -2.51. The van der Waals surface area contributed by atoms with Crippen LogP contribution in [-0.2, 0) is 18.4 Å². The average molecular weight is 328 g/mol. The number of fused-ring (bicyclic) bond motifs is 1. The van der Waals surface area contributed by atoms with Crippen molar-refractivity contribution >= 4 is 0 Å². The molecular weight excluding hydrogens is 308 g/mol. The Morgan fingerprint density at radius 2 is 1.88 bits per heavy atom. The summed E-state index contributed by atoms with van der Waals surface area (Å²) >= 11 is 0. The molecule has 1 aliphatic rings. The molecule has 1 aliphatic heterocycles. The van der Waals surface area contributed by atoms with Crippen LogP contribution < -0.4 is 5.32 Å². The molecule has 4 rings (SSSR count). The predicted octanol–water partition coefficient (Wildman–Crippen LogP) is 3.30. The molecule has 124 valence electrons. The van der Waals surface area contributed by atoms with Crippen molar-refractivity contribution in [1.29, 1.82) is 5.26 Å². The maximum Gasteiger partial charge on any atom is 0.0991 e. The molecule has 2 atom stereocenters. The van der Waals surface area contributed by atoms with Gasteiger partial charge in [-0.05, 0) is 42.2 Å². The number of hydrogen-bond acceptors (Lipinski definition) is 3. The summed E-state index contributed by atoms with van der Waals surface area (Å²) in [5, 5.41) is 12.8. The van der Waals surface area contributed by atoms with Crippen molar-refractivity contribution in [2.75, 3.05) is 0 Å². The largest absolute Gasteiger partial charge is 0.348 e. The third kappa shape index (κ3) is 2.63. The maximum absolute atomic E-state index is 9.09. The van der Waals surface area contributed by atoms with E-state index in [2.05, 4.69) is 64.7 Å². The zero-order valence-electron chi connectivity index (χ0n) is 14.2. The van der Waals surface area contributed by atoms with Crippen molar-refractivity contribution in [3.05, 3.63) is 89.0 Å². The van der Waals surface area contributed by atoms with Crippen molar-refractivity contribution in [1.82, 2.24) is 15.3 Å². The zero-order chi connectivity index (χ0) is 17.3. The molecule has 1 aromatic heterocycles. The number of H-pyrrole nitrogens is 1. The minimum absolute atomic E-state index is 0.232. The maximum atomic E-state index is 9.09. The molecule has 4 heteroatoms. The van der Waals surface area contributed by atoms with Gasteiger partial charge in [0.05, 0.1) is 18.0 Å². The van der Waals surface area contributed by atoms with Crippen LogP contribution in [0.4, 0.5) is 0 Å². The third-order valence-corrected chi connectivity index (χ3v) is 5.45. The van der Waals surface area contributed by atoms with E-state index < -0.39 is 0 Å². The topological polar surface area (TPSA) is 64.5 Å². The fraction of sp³-hybridized carbons (Fsp3) is 0.238. The van der Waals surface area contributed by atoms with Crippen LogP contribution in [-0.4, -0.2) is 16.0 Å². The summed E-state index contributed by atoms with van der Waals surface area (Å²) in [6.45, 7) is 3.11. The monoisotopic (exact) mass is 328 g/mol. The second-order valence-electron chi connectivity index (χ2n) is 6.76. The van der Waals surface area contributed by atoms with E-state index in [-0.39, 0.29) is 11.5 Å². The molecule has 0 amide bonds. The zero-order valence-corrected chi connectivity index (χ0v) is 14.2. The Hall–Kier alpha value is -2.90. The minimum atomic E-state index is -0.266. The lowest BCUT2D eigenvalue weighted by atomic mass is 9.70. The van der Waals surface area contributed by atoms with Crippen molar-refractivity contribution in [3.8, 4) is 6.07 Å². The Morgan fingerprint density at radius 3 is 2.56 bits per heavy atom. The summed E-state index contributed by atoms with van der Waals surface area (Å²) in [6, 6.07) is 18.9. The number of hydrogen-bond donors (Lipinski definition) is 2. The number of rotatable bonds is 3. The molecule has 0 aliphatic carbocycles. The molecule has 0 saturated carbocycles. The number of imidazole rings is 1. The second-order valence-corrected chi connectivity index (χ2v) is 6.76. The van der Waals surface area contributed by atoms with Crippen molar-refractivity contribution in [2.24, 2.45) is 0 Å². The van der Waals surface area contributed by atoms with Gasteiger partial charge >= 0.3 is 0 Å². The Bertz CT molecular complexity index is 906. The van der Waals surface area contributed by atoms with Gasteiger partial charge in [0.1, 0.15) is 0 Å². The summed E-state index contributed by atoms with van der Waals surface area (Å²) in [4.78, 5) is 7.56. The van der Waals surface area contributed by atoms with Gasteiger partial charge in [0, 0.05) is 29.9 Å². The van der Waals surface area contributed by atoms with Gasteiger partial charge in [-0.2, -0.15) is 5.26 Å². The molecule has 0 radical (unpaired) electrons. The van der Waals surface area contributed by atoms with E-state index in [1.165, 1.54) is 16.7 Å². The number of nitriles is 1. The summed E-state index contributed by atoms with van der Waals surface area (Å²) in [7, 11) is 0. The van der Waals surface area contributed by atoms with E-state index in [1.54, 1.807) is 6.33 Å². The molecule has 0 saturated heterocycles. The standard InChI is InChI=1S/C21H20N4/c1-21(20-13-23-14-25-20,18-8-6-15(11-22)7-9-18)19-10-16-4-2-3-5-17(16)12-24-19/h2-9,13-14,19,24H,10,12H2,1H3,(H,23,25)/t19-,21?/m0/s1. The number of aromatic amines is 1. The smallest absolute Gasteiger partial charge is 0.0991 e. The van der Waals surface area contributed by atoms with Gasteiger partial charge in [-0.15, -0.1) is 0 Å². The Balaban J connectivity index is 1.78. The molecule has 3 aromatic rings. The molecule has 0 bridgehead atoms. The van der Waals surface area contributed by atoms with Gasteiger partial charge in [0.2, 0.25) is 0 Å². The van der Waals surface area contributed by atoms with E-state index in [0.29, 0.717) is 5.56 Å². The van der Waals surface area contributed by atoms with Gasteiger partial charge in [0.15, 0.2) is 0 Å². The summed E-state index contributed by atoms with van der Waals surface area (Å²) < 4.78 is 0. The highest BCUT2D eigenvalue weighted by atomic mass is 15.0. The molecule has 0 spiro atoms. The van der Waals surface area contributed by atoms with Gasteiger partial charge in [-0.25, -0.2) is 4.98 Å². The first-order valence-electron chi connectivity index (χ1n) is 8.51. The molecule has 2 N–H and O–H groups in total. The number of benzene rings is 2. The predicted molar refractivity (Wildman–Crippen MR) is 97.0 cm³/mol. The van der Waals surface area contributed by atoms with Crippen molar-refractivity contribution in [2.45, 2.75) is 31.3 Å². The van der Waals surface area contributed by atoms with Gasteiger partial charge in [-0.1, -0.05) is 36.4 Å². The summed E-state index contributed by atoms with van der Waals surface area (Å²) in [6.07, 6.45) is 4.58. The van der Waals surface area contributed by atoms with Crippen LogP contribution in [0.25, 0.3) is 0 Å². The quantitative estimate of drug-likeness (QED) is 0.775. The molecule has 4 nitrogen and oxygen atoms in total. The van der Waals surface area contributed by atoms with E-state index in [4.69, 9.17) is 5.26 Å². The highest BCUT2D eigenvalue weighted by Crippen LogP contribution is 2.37. The number of nitrogens with zero attached hydrogens (tertiary/aromatic N) is 2. The van der Waals surface area contributed by atoms with Gasteiger partial charge < -0.3 is 10.3 Å². The SMILES string of the molecule is CC(c1ccc(C#N)cc1)(c1cnc[nH]1)[C@@H]1Cc2ccccc2CN1. The first-order valence-corrected chi connectivity index (χ1v) is 8.51. The molecule has 2 heterocycles. The number of nitrogens with one attached hydrogen (secondary N) is 2. The van der Waals surface area contributed by atoms with Crippen LogP contribution in [0.2, 0.25) is 0 Å². The average Bonchev–Trinajstić information content (AvgIpc) is 3.22. The van der Waals surface area contributed by atoms with Gasteiger partial charge in [-0.3, -0.25) is 0 Å². The Kier molecular flexibility index (Phi) is 3.87. The van der Waals surface area contributed by atoms with Crippen LogP contribution in [0.3, 0.4) is 0 Å². The lowest BCUT2D eigenvalue weighted by molar-refractivity contribution is 0.339. The Morgan fingerprint density at radius 1 is 1.12 bits per heavy atom. The molecule has 25 heavy (non-hydrogen) atoms. The summed E-state index contributed by atoms with van der Waals surface area (Å²) in [5.41, 5.74) is 5.42. The third-order valence-electron chi connectivity index (χ3n) is 5.45. The molecular formula is C21H20N4. The van der Waals surface area contributed by atoms with Gasteiger partial charge in [0.25, 0.3) is 0 Å². The lowest BCUT2D eigenvalue weighted by Gasteiger charge is -2.41. The first-order chi connectivity index (χ1) is 12.2. The van der Waals surface area contributed by atoms with E-state index >= 15 is 0 Å². The normalized spacial score (nSPS) is 18.8. The highest BCUT2D eigenvalue weighted by molar-refractivity contribution is 5.43. The minimum Gasteiger partial charge on any atom is -0.348 e. The fourth-order valence-electron chi connectivity index (χ4n) is 3.84. The van der Waals surface area contributed by atoms with Crippen molar-refractivity contribution in [3.63, 3.8) is 0 Å². The fourth-order valence-corrected chi connectivity index (χ4v) is 3.84. The molecule has 1 unspecified atom stereocenters. The van der Waals surface area contributed by atoms with E-state index in [1.807, 2.05) is 18.3 Å². The number of aromatic nitrogens is 2. The van der Waals surface area contributed by atoms with E-state index in [9.17, 15) is 0 Å².